The summed E-state index contributed by atoms with van der Waals surface area (Å²) in [5.74, 6) is 2.48. The Labute approximate surface area is 157 Å². The molecule has 1 rings (SSSR count). The largest absolute Gasteiger partial charge is 0.395 e. The molecule has 23 heavy (non-hydrogen) atoms. The second-order valence-electron chi connectivity index (χ2n) is 5.37. The van der Waals surface area contributed by atoms with Gasteiger partial charge in [-0.3, -0.25) is 4.79 Å². The Kier molecular flexibility index (Phi) is 12.7. The van der Waals surface area contributed by atoms with Gasteiger partial charge in [0, 0.05) is 44.2 Å². The molecular formula is C14H29NO3S4Si. The number of rotatable bonds is 14. The van der Waals surface area contributed by atoms with Crippen molar-refractivity contribution < 1.29 is 13.6 Å². The first-order valence-corrected chi connectivity index (χ1v) is 15.9. The molecule has 1 aliphatic rings. The molecule has 1 saturated heterocycles. The molecule has 0 aromatic carbocycles. The van der Waals surface area contributed by atoms with E-state index in [1.807, 2.05) is 60.0 Å². The first-order valence-electron chi connectivity index (χ1n) is 8.24. The fourth-order valence-electron chi connectivity index (χ4n) is 2.44. The Morgan fingerprint density at radius 2 is 1.78 bits per heavy atom. The van der Waals surface area contributed by atoms with E-state index in [0.717, 1.165) is 63.1 Å². The van der Waals surface area contributed by atoms with Crippen LogP contribution in [-0.4, -0.2) is 57.2 Å². The zero-order valence-electron chi connectivity index (χ0n) is 14.4. The van der Waals surface area contributed by atoms with E-state index < -0.39 is 8.56 Å². The summed E-state index contributed by atoms with van der Waals surface area (Å²) in [6.45, 7) is 9.59. The number of hydrogen-bond acceptors (Lipinski definition) is 7. The predicted octanol–water partition coefficient (Wildman–Crippen LogP) is 4.82. The van der Waals surface area contributed by atoms with Crippen molar-refractivity contribution in [2.45, 2.75) is 45.7 Å². The van der Waals surface area contributed by atoms with Gasteiger partial charge in [0.25, 0.3) is 0 Å². The highest BCUT2D eigenvalue weighted by Crippen LogP contribution is 2.43. The third-order valence-electron chi connectivity index (χ3n) is 3.50. The minimum atomic E-state index is -1.92. The van der Waals surface area contributed by atoms with Crippen molar-refractivity contribution in [1.82, 2.24) is 4.90 Å². The topological polar surface area (TPSA) is 38.8 Å². The molecule has 136 valence electrons. The molecule has 0 N–H and O–H groups in total. The van der Waals surface area contributed by atoms with E-state index in [4.69, 9.17) is 8.85 Å². The van der Waals surface area contributed by atoms with Crippen molar-refractivity contribution in [3.63, 3.8) is 0 Å². The van der Waals surface area contributed by atoms with E-state index in [9.17, 15) is 4.79 Å². The van der Waals surface area contributed by atoms with E-state index >= 15 is 0 Å². The fourth-order valence-corrected chi connectivity index (χ4v) is 11.2. The van der Waals surface area contributed by atoms with Crippen LogP contribution < -0.4 is 0 Å². The molecule has 0 spiro atoms. The number of likely N-dealkylation sites (tertiary alicyclic amines) is 1. The normalized spacial score (nSPS) is 15.6. The van der Waals surface area contributed by atoms with Gasteiger partial charge < -0.3 is 13.8 Å². The fraction of sp³-hybridized carbons (Fsp3) is 0.929. The third-order valence-corrected chi connectivity index (χ3v) is 13.1. The Bertz CT molecular complexity index is 333. The minimum Gasteiger partial charge on any atom is -0.395 e. The van der Waals surface area contributed by atoms with Crippen LogP contribution in [0, 0.1) is 0 Å². The van der Waals surface area contributed by atoms with Crippen molar-refractivity contribution in [2.75, 3.05) is 37.8 Å². The molecule has 1 aliphatic heterocycles. The lowest BCUT2D eigenvalue weighted by atomic mass is 10.4. The van der Waals surface area contributed by atoms with E-state index in [0.29, 0.717) is 5.91 Å². The van der Waals surface area contributed by atoms with Crippen molar-refractivity contribution in [3.8, 4) is 0 Å². The number of amides is 1. The van der Waals surface area contributed by atoms with E-state index in [2.05, 4.69) is 6.55 Å². The highest BCUT2D eigenvalue weighted by molar-refractivity contribution is 9.26. The summed E-state index contributed by atoms with van der Waals surface area (Å²) in [6, 6.07) is 1.07. The van der Waals surface area contributed by atoms with Crippen LogP contribution in [0.1, 0.15) is 33.1 Å². The summed E-state index contributed by atoms with van der Waals surface area (Å²) in [5.41, 5.74) is 0. The van der Waals surface area contributed by atoms with E-state index in [-0.39, 0.29) is 0 Å². The molecule has 9 heteroatoms. The first-order chi connectivity index (χ1) is 11.1. The maximum Gasteiger partial charge on any atom is 0.334 e. The maximum atomic E-state index is 11.5. The summed E-state index contributed by atoms with van der Waals surface area (Å²) < 4.78 is 11.7. The summed E-state index contributed by atoms with van der Waals surface area (Å²) in [4.78, 5) is 13.5. The van der Waals surface area contributed by atoms with Gasteiger partial charge in [-0.2, -0.15) is 0 Å². The van der Waals surface area contributed by atoms with Crippen LogP contribution in [0.15, 0.2) is 0 Å². The van der Waals surface area contributed by atoms with Gasteiger partial charge in [-0.15, -0.1) is 0 Å². The van der Waals surface area contributed by atoms with Gasteiger partial charge in [0.15, 0.2) is 0 Å². The molecule has 0 saturated carbocycles. The van der Waals surface area contributed by atoms with Gasteiger partial charge in [-0.25, -0.2) is 0 Å². The van der Waals surface area contributed by atoms with E-state index in [1.54, 1.807) is 0 Å². The molecule has 0 bridgehead atoms. The number of hydrogen-bond donors (Lipinski definition) is 0. The summed E-state index contributed by atoms with van der Waals surface area (Å²) in [7, 11) is 5.49. The van der Waals surface area contributed by atoms with Crippen LogP contribution in [-0.2, 0) is 13.6 Å². The molecule has 4 nitrogen and oxygen atoms in total. The van der Waals surface area contributed by atoms with Gasteiger partial charge in [0.05, 0.1) is 0 Å². The zero-order chi connectivity index (χ0) is 17.0. The highest BCUT2D eigenvalue weighted by atomic mass is 33.7. The Hall–Kier alpha value is 1.01. The number of carbonyl (C=O) groups excluding carboxylic acids is 1. The molecule has 0 unspecified atom stereocenters. The molecule has 0 aromatic heterocycles. The summed E-state index contributed by atoms with van der Waals surface area (Å²) in [5, 5.41) is 0. The van der Waals surface area contributed by atoms with Gasteiger partial charge in [-0.05, 0) is 58.9 Å². The van der Waals surface area contributed by atoms with Crippen LogP contribution in [0.2, 0.25) is 12.6 Å². The second-order valence-corrected chi connectivity index (χ2v) is 15.0. The van der Waals surface area contributed by atoms with Crippen LogP contribution in [0.3, 0.4) is 0 Å². The highest BCUT2D eigenvalue weighted by Gasteiger charge is 2.29. The minimum absolute atomic E-state index is 0.327. The lowest BCUT2D eigenvalue weighted by Gasteiger charge is -2.25. The third kappa shape index (κ3) is 9.91. The molecule has 0 atom stereocenters. The number of nitrogens with zero attached hydrogens (tertiary/aromatic N) is 1. The zero-order valence-corrected chi connectivity index (χ0v) is 18.6. The van der Waals surface area contributed by atoms with Crippen molar-refractivity contribution in [3.05, 3.63) is 0 Å². The van der Waals surface area contributed by atoms with Crippen LogP contribution in [0.5, 0.6) is 0 Å². The lowest BCUT2D eigenvalue weighted by Crippen LogP contribution is -2.38. The standard InChI is InChI=1S/C14H29NO3S4Si/c1-4-17-23(3,18-5-2)13-7-11-19-21-22-20-12-10-15-9-6-8-14(15)16/h4-13H2,1-3H3. The van der Waals surface area contributed by atoms with Gasteiger partial charge in [-0.1, -0.05) is 21.6 Å². The van der Waals surface area contributed by atoms with Gasteiger partial charge in [0.2, 0.25) is 5.91 Å². The molecule has 1 fully saturated rings. The average molecular weight is 416 g/mol. The van der Waals surface area contributed by atoms with Crippen LogP contribution >= 0.6 is 41.2 Å². The molecule has 1 amide bonds. The Balaban J connectivity index is 1.93. The quantitative estimate of drug-likeness (QED) is 0.229. The molecule has 0 aromatic rings. The Morgan fingerprint density at radius 1 is 1.13 bits per heavy atom. The van der Waals surface area contributed by atoms with Crippen LogP contribution in [0.4, 0.5) is 0 Å². The summed E-state index contributed by atoms with van der Waals surface area (Å²) >= 11 is 0. The molecular weight excluding hydrogens is 387 g/mol. The maximum absolute atomic E-state index is 11.5. The van der Waals surface area contributed by atoms with Crippen molar-refractivity contribution >= 4 is 55.7 Å². The molecule has 1 heterocycles. The van der Waals surface area contributed by atoms with E-state index in [1.165, 1.54) is 0 Å². The molecule has 0 radical (unpaired) electrons. The van der Waals surface area contributed by atoms with Gasteiger partial charge in [0.1, 0.15) is 0 Å². The summed E-state index contributed by atoms with van der Waals surface area (Å²) in [6.07, 6.45) is 2.93. The molecule has 0 aliphatic carbocycles. The van der Waals surface area contributed by atoms with Crippen molar-refractivity contribution in [2.24, 2.45) is 0 Å². The monoisotopic (exact) mass is 415 g/mol. The van der Waals surface area contributed by atoms with Gasteiger partial charge >= 0.3 is 8.56 Å². The lowest BCUT2D eigenvalue weighted by molar-refractivity contribution is -0.127. The Morgan fingerprint density at radius 3 is 2.35 bits per heavy atom. The SMILES string of the molecule is CCO[Si](C)(CCCSSSSCCN1CCCC1=O)OCC. The smallest absolute Gasteiger partial charge is 0.334 e. The van der Waals surface area contributed by atoms with Crippen LogP contribution in [0.25, 0.3) is 0 Å². The predicted molar refractivity (Wildman–Crippen MR) is 110 cm³/mol. The van der Waals surface area contributed by atoms with Crippen molar-refractivity contribution in [1.29, 1.82) is 0 Å². The first kappa shape index (κ1) is 22.0. The number of carbonyl (C=O) groups is 1. The average Bonchev–Trinajstić information content (AvgIpc) is 2.91. The second kappa shape index (κ2) is 13.2.